The summed E-state index contributed by atoms with van der Waals surface area (Å²) in [5.41, 5.74) is 1.47. The number of thioether (sulfide) groups is 1. The number of nitrogens with zero attached hydrogens (tertiary/aromatic N) is 5. The van der Waals surface area contributed by atoms with Gasteiger partial charge in [0.25, 0.3) is 0 Å². The summed E-state index contributed by atoms with van der Waals surface area (Å²) in [4.78, 5) is 18.6. The number of amides is 1. The third kappa shape index (κ3) is 4.74. The number of aromatic nitrogens is 4. The molecule has 0 atom stereocenters. The van der Waals surface area contributed by atoms with E-state index in [1.54, 1.807) is 16.7 Å². The van der Waals surface area contributed by atoms with Gasteiger partial charge < -0.3 is 15.0 Å². The van der Waals surface area contributed by atoms with Gasteiger partial charge in [-0.2, -0.15) is 0 Å². The zero-order chi connectivity index (χ0) is 20.2. The SMILES string of the molecule is Cc1csc(NC(=O)CSc2nnc(N3CCOCC3)n2-c2cccc(F)c2)n1. The molecule has 1 aromatic carbocycles. The predicted octanol–water partition coefficient (Wildman–Crippen LogP) is 2.74. The quantitative estimate of drug-likeness (QED) is 0.597. The van der Waals surface area contributed by atoms with E-state index in [0.29, 0.717) is 48.2 Å². The van der Waals surface area contributed by atoms with Gasteiger partial charge in [0.1, 0.15) is 5.82 Å². The predicted molar refractivity (Wildman–Crippen MR) is 111 cm³/mol. The third-order valence-electron chi connectivity index (χ3n) is 4.17. The first kappa shape index (κ1) is 19.8. The van der Waals surface area contributed by atoms with Crippen molar-refractivity contribution in [2.45, 2.75) is 12.1 Å². The Morgan fingerprint density at radius 2 is 2.17 bits per heavy atom. The number of thiazole rings is 1. The molecule has 1 N–H and O–H groups in total. The van der Waals surface area contributed by atoms with Crippen molar-refractivity contribution in [2.24, 2.45) is 0 Å². The summed E-state index contributed by atoms with van der Waals surface area (Å²) in [6.07, 6.45) is 0. The molecule has 1 fully saturated rings. The number of ether oxygens (including phenoxy) is 1. The van der Waals surface area contributed by atoms with Crippen LogP contribution in [0.2, 0.25) is 0 Å². The summed E-state index contributed by atoms with van der Waals surface area (Å²) in [6, 6.07) is 6.24. The number of hydrogen-bond acceptors (Lipinski definition) is 8. The van der Waals surface area contributed by atoms with Crippen molar-refractivity contribution in [3.63, 3.8) is 0 Å². The second-order valence-corrected chi connectivity index (χ2v) is 8.13. The average Bonchev–Trinajstić information content (AvgIpc) is 3.33. The minimum absolute atomic E-state index is 0.134. The largest absolute Gasteiger partial charge is 0.378 e. The topological polar surface area (TPSA) is 85.2 Å². The highest BCUT2D eigenvalue weighted by atomic mass is 32.2. The van der Waals surface area contributed by atoms with Crippen LogP contribution >= 0.6 is 23.1 Å². The van der Waals surface area contributed by atoms with E-state index >= 15 is 0 Å². The van der Waals surface area contributed by atoms with Gasteiger partial charge in [0.05, 0.1) is 30.3 Å². The maximum absolute atomic E-state index is 13.9. The molecular formula is C18H19FN6O2S2. The fourth-order valence-electron chi connectivity index (χ4n) is 2.86. The Morgan fingerprint density at radius 1 is 1.34 bits per heavy atom. The van der Waals surface area contributed by atoms with Crippen LogP contribution in [0.3, 0.4) is 0 Å². The fraction of sp³-hybridized carbons (Fsp3) is 0.333. The van der Waals surface area contributed by atoms with Gasteiger partial charge in [-0.1, -0.05) is 17.8 Å². The van der Waals surface area contributed by atoms with E-state index in [0.717, 1.165) is 5.69 Å². The van der Waals surface area contributed by atoms with E-state index in [9.17, 15) is 9.18 Å². The lowest BCUT2D eigenvalue weighted by atomic mass is 10.3. The lowest BCUT2D eigenvalue weighted by molar-refractivity contribution is -0.113. The van der Waals surface area contributed by atoms with Crippen LogP contribution in [0.25, 0.3) is 5.69 Å². The third-order valence-corrected chi connectivity index (χ3v) is 5.98. The van der Waals surface area contributed by atoms with Crippen LogP contribution in [0.15, 0.2) is 34.8 Å². The zero-order valence-corrected chi connectivity index (χ0v) is 17.3. The molecule has 0 spiro atoms. The molecular weight excluding hydrogens is 415 g/mol. The summed E-state index contributed by atoms with van der Waals surface area (Å²) in [5, 5.41) is 14.3. The van der Waals surface area contributed by atoms with Crippen LogP contribution in [0, 0.1) is 12.7 Å². The lowest BCUT2D eigenvalue weighted by Crippen LogP contribution is -2.37. The van der Waals surface area contributed by atoms with E-state index in [4.69, 9.17) is 4.74 Å². The number of morpholine rings is 1. The summed E-state index contributed by atoms with van der Waals surface area (Å²) in [5.74, 6) is 0.204. The van der Waals surface area contributed by atoms with E-state index in [2.05, 4.69) is 20.5 Å². The molecule has 29 heavy (non-hydrogen) atoms. The van der Waals surface area contributed by atoms with Gasteiger partial charge in [-0.05, 0) is 25.1 Å². The molecule has 2 aromatic heterocycles. The molecule has 0 aliphatic carbocycles. The summed E-state index contributed by atoms with van der Waals surface area (Å²) >= 11 is 2.62. The van der Waals surface area contributed by atoms with Crippen molar-refractivity contribution in [3.8, 4) is 5.69 Å². The van der Waals surface area contributed by atoms with Crippen LogP contribution < -0.4 is 10.2 Å². The standard InChI is InChI=1S/C18H19FN6O2S2/c1-12-10-28-16(20-12)21-15(26)11-29-18-23-22-17(24-5-7-27-8-6-24)25(18)14-4-2-3-13(19)9-14/h2-4,9-10H,5-8,11H2,1H3,(H,20,21,26). The van der Waals surface area contributed by atoms with E-state index in [1.165, 1.54) is 35.2 Å². The highest BCUT2D eigenvalue weighted by Crippen LogP contribution is 2.27. The van der Waals surface area contributed by atoms with Crippen molar-refractivity contribution in [2.75, 3.05) is 42.3 Å². The van der Waals surface area contributed by atoms with E-state index < -0.39 is 0 Å². The first-order valence-electron chi connectivity index (χ1n) is 8.99. The maximum Gasteiger partial charge on any atom is 0.236 e. The number of anilines is 2. The molecule has 152 valence electrons. The van der Waals surface area contributed by atoms with Crippen molar-refractivity contribution in [1.29, 1.82) is 0 Å². The summed E-state index contributed by atoms with van der Waals surface area (Å²) in [6.45, 7) is 4.39. The molecule has 0 bridgehead atoms. The van der Waals surface area contributed by atoms with Gasteiger partial charge in [0.15, 0.2) is 10.3 Å². The molecule has 0 radical (unpaired) electrons. The van der Waals surface area contributed by atoms with Crippen molar-refractivity contribution >= 4 is 40.1 Å². The number of nitrogens with one attached hydrogen (secondary N) is 1. The second kappa shape index (κ2) is 8.89. The van der Waals surface area contributed by atoms with Gasteiger partial charge in [-0.25, -0.2) is 9.37 Å². The van der Waals surface area contributed by atoms with E-state index in [1.807, 2.05) is 17.2 Å². The van der Waals surface area contributed by atoms with Crippen molar-refractivity contribution in [3.05, 3.63) is 41.2 Å². The zero-order valence-electron chi connectivity index (χ0n) is 15.7. The molecule has 1 saturated heterocycles. The highest BCUT2D eigenvalue weighted by Gasteiger charge is 2.22. The van der Waals surface area contributed by atoms with Crippen LogP contribution in [0.1, 0.15) is 5.69 Å². The normalized spacial score (nSPS) is 14.2. The Bertz CT molecular complexity index is 1000. The van der Waals surface area contributed by atoms with Crippen LogP contribution in [0.5, 0.6) is 0 Å². The number of carbonyl (C=O) groups is 1. The summed E-state index contributed by atoms with van der Waals surface area (Å²) < 4.78 is 21.0. The number of rotatable bonds is 6. The van der Waals surface area contributed by atoms with Gasteiger partial charge in [0.2, 0.25) is 11.9 Å². The molecule has 1 aliphatic rings. The first-order chi connectivity index (χ1) is 14.1. The minimum Gasteiger partial charge on any atom is -0.378 e. The Hall–Kier alpha value is -2.50. The average molecular weight is 435 g/mol. The smallest absolute Gasteiger partial charge is 0.236 e. The number of halogens is 1. The van der Waals surface area contributed by atoms with Crippen LogP contribution in [-0.2, 0) is 9.53 Å². The van der Waals surface area contributed by atoms with Gasteiger partial charge in [0, 0.05) is 18.5 Å². The second-order valence-electron chi connectivity index (χ2n) is 6.33. The Labute approximate surface area is 175 Å². The highest BCUT2D eigenvalue weighted by molar-refractivity contribution is 7.99. The van der Waals surface area contributed by atoms with Gasteiger partial charge in [-0.3, -0.25) is 9.36 Å². The summed E-state index contributed by atoms with van der Waals surface area (Å²) in [7, 11) is 0. The molecule has 1 aliphatic heterocycles. The first-order valence-corrected chi connectivity index (χ1v) is 10.9. The molecule has 11 heteroatoms. The monoisotopic (exact) mass is 434 g/mol. The Kier molecular flexibility index (Phi) is 6.07. The maximum atomic E-state index is 13.9. The molecule has 0 saturated carbocycles. The van der Waals surface area contributed by atoms with Gasteiger partial charge in [-0.15, -0.1) is 21.5 Å². The lowest BCUT2D eigenvalue weighted by Gasteiger charge is -2.27. The van der Waals surface area contributed by atoms with Crippen molar-refractivity contribution < 1.29 is 13.9 Å². The molecule has 3 heterocycles. The number of hydrogen-bond donors (Lipinski definition) is 1. The van der Waals surface area contributed by atoms with Crippen LogP contribution in [-0.4, -0.2) is 57.7 Å². The van der Waals surface area contributed by atoms with Crippen molar-refractivity contribution in [1.82, 2.24) is 19.7 Å². The Balaban J connectivity index is 1.55. The Morgan fingerprint density at radius 3 is 2.90 bits per heavy atom. The van der Waals surface area contributed by atoms with Gasteiger partial charge >= 0.3 is 0 Å². The number of carbonyl (C=O) groups excluding carboxylic acids is 1. The molecule has 0 unspecified atom stereocenters. The molecule has 8 nitrogen and oxygen atoms in total. The molecule has 1 amide bonds. The minimum atomic E-state index is -0.350. The van der Waals surface area contributed by atoms with E-state index in [-0.39, 0.29) is 17.5 Å². The molecule has 3 aromatic rings. The molecule has 4 rings (SSSR count). The number of benzene rings is 1. The fourth-order valence-corrected chi connectivity index (χ4v) is 4.31. The van der Waals surface area contributed by atoms with Crippen LogP contribution in [0.4, 0.5) is 15.5 Å². The number of aryl methyl sites for hydroxylation is 1.